The summed E-state index contributed by atoms with van der Waals surface area (Å²) >= 11 is 0. The maximum atomic E-state index is 11.9. The number of ketones is 1. The molecule has 1 N–H and O–H groups in total. The number of rotatable bonds is 2. The fraction of sp³-hybridized carbons (Fsp3) is 0.429. The van der Waals surface area contributed by atoms with Crippen LogP contribution in [0.3, 0.4) is 0 Å². The fourth-order valence-electron chi connectivity index (χ4n) is 2.14. The van der Waals surface area contributed by atoms with E-state index in [0.717, 1.165) is 12.8 Å². The van der Waals surface area contributed by atoms with Gasteiger partial charge in [0.25, 0.3) is 5.91 Å². The Morgan fingerprint density at radius 1 is 1.24 bits per heavy atom. The van der Waals surface area contributed by atoms with Crippen LogP contribution in [0.25, 0.3) is 0 Å². The van der Waals surface area contributed by atoms with Gasteiger partial charge in [-0.05, 0) is 25.0 Å². The minimum Gasteiger partial charge on any atom is -0.349 e. The molecule has 1 amide bonds. The van der Waals surface area contributed by atoms with E-state index in [1.165, 1.54) is 0 Å². The van der Waals surface area contributed by atoms with Crippen LogP contribution in [0.1, 0.15) is 36.5 Å². The van der Waals surface area contributed by atoms with E-state index in [4.69, 9.17) is 0 Å². The molecule has 0 aliphatic heterocycles. The van der Waals surface area contributed by atoms with E-state index in [2.05, 4.69) is 5.32 Å². The van der Waals surface area contributed by atoms with Crippen molar-refractivity contribution in [2.75, 3.05) is 0 Å². The van der Waals surface area contributed by atoms with E-state index in [-0.39, 0.29) is 23.7 Å². The van der Waals surface area contributed by atoms with Crippen LogP contribution in [0.15, 0.2) is 30.3 Å². The van der Waals surface area contributed by atoms with Crippen molar-refractivity contribution >= 4 is 11.7 Å². The quantitative estimate of drug-likeness (QED) is 0.848. The van der Waals surface area contributed by atoms with Gasteiger partial charge in [0.1, 0.15) is 5.78 Å². The largest absolute Gasteiger partial charge is 0.349 e. The van der Waals surface area contributed by atoms with Gasteiger partial charge in [0.15, 0.2) is 0 Å². The highest BCUT2D eigenvalue weighted by Gasteiger charge is 2.26. The van der Waals surface area contributed by atoms with Crippen LogP contribution >= 0.6 is 0 Å². The zero-order valence-corrected chi connectivity index (χ0v) is 9.98. The second-order valence-electron chi connectivity index (χ2n) is 4.69. The maximum Gasteiger partial charge on any atom is 0.251 e. The van der Waals surface area contributed by atoms with E-state index in [1.807, 2.05) is 25.1 Å². The van der Waals surface area contributed by atoms with Crippen LogP contribution in [-0.4, -0.2) is 17.7 Å². The number of carbonyl (C=O) groups excluding carboxylic acids is 2. The van der Waals surface area contributed by atoms with Gasteiger partial charge in [-0.3, -0.25) is 9.59 Å². The highest BCUT2D eigenvalue weighted by atomic mass is 16.2. The number of amides is 1. The Balaban J connectivity index is 1.94. The molecule has 1 aliphatic carbocycles. The first-order valence-electron chi connectivity index (χ1n) is 6.05. The highest BCUT2D eigenvalue weighted by molar-refractivity contribution is 5.94. The SMILES string of the molecule is C[C@@H]1CC[C@@H](NC(=O)c2ccccc2)CC1=O. The molecular weight excluding hydrogens is 214 g/mol. The number of nitrogens with one attached hydrogen (secondary N) is 1. The van der Waals surface area contributed by atoms with Gasteiger partial charge in [0.05, 0.1) is 0 Å². The molecule has 3 heteroatoms. The van der Waals surface area contributed by atoms with Crippen LogP contribution < -0.4 is 5.32 Å². The summed E-state index contributed by atoms with van der Waals surface area (Å²) in [5.41, 5.74) is 0.651. The Hall–Kier alpha value is -1.64. The Kier molecular flexibility index (Phi) is 3.57. The zero-order chi connectivity index (χ0) is 12.3. The molecule has 1 aromatic carbocycles. The van der Waals surface area contributed by atoms with Gasteiger partial charge < -0.3 is 5.32 Å². The average molecular weight is 231 g/mol. The number of benzene rings is 1. The highest BCUT2D eigenvalue weighted by Crippen LogP contribution is 2.20. The summed E-state index contributed by atoms with van der Waals surface area (Å²) in [6.45, 7) is 1.96. The minimum atomic E-state index is -0.0852. The van der Waals surface area contributed by atoms with Gasteiger partial charge in [-0.2, -0.15) is 0 Å². The zero-order valence-electron chi connectivity index (χ0n) is 9.98. The first-order chi connectivity index (χ1) is 8.16. The summed E-state index contributed by atoms with van der Waals surface area (Å²) in [6.07, 6.45) is 2.24. The monoisotopic (exact) mass is 231 g/mol. The van der Waals surface area contributed by atoms with Gasteiger partial charge in [-0.1, -0.05) is 25.1 Å². The normalized spacial score (nSPS) is 24.4. The first kappa shape index (κ1) is 11.8. The Morgan fingerprint density at radius 3 is 2.59 bits per heavy atom. The molecule has 1 saturated carbocycles. The van der Waals surface area contributed by atoms with Crippen molar-refractivity contribution in [3.8, 4) is 0 Å². The topological polar surface area (TPSA) is 46.2 Å². The summed E-state index contributed by atoms with van der Waals surface area (Å²) in [6, 6.07) is 9.12. The molecule has 2 rings (SSSR count). The summed E-state index contributed by atoms with van der Waals surface area (Å²) in [4.78, 5) is 23.4. The Morgan fingerprint density at radius 2 is 1.94 bits per heavy atom. The summed E-state index contributed by atoms with van der Waals surface area (Å²) in [7, 11) is 0. The third-order valence-electron chi connectivity index (χ3n) is 3.32. The predicted octanol–water partition coefficient (Wildman–Crippen LogP) is 2.17. The van der Waals surface area contributed by atoms with Gasteiger partial charge >= 0.3 is 0 Å². The fourth-order valence-corrected chi connectivity index (χ4v) is 2.14. The lowest BCUT2D eigenvalue weighted by molar-refractivity contribution is -0.124. The molecule has 0 saturated heterocycles. The van der Waals surface area contributed by atoms with Crippen LogP contribution in [0.2, 0.25) is 0 Å². The average Bonchev–Trinajstić information content (AvgIpc) is 2.35. The molecule has 0 heterocycles. The third-order valence-corrected chi connectivity index (χ3v) is 3.32. The smallest absolute Gasteiger partial charge is 0.251 e. The number of hydrogen-bond acceptors (Lipinski definition) is 2. The van der Waals surface area contributed by atoms with Crippen molar-refractivity contribution in [2.24, 2.45) is 5.92 Å². The molecule has 3 nitrogen and oxygen atoms in total. The van der Waals surface area contributed by atoms with Gasteiger partial charge in [-0.15, -0.1) is 0 Å². The second-order valence-corrected chi connectivity index (χ2v) is 4.69. The lowest BCUT2D eigenvalue weighted by atomic mass is 9.86. The molecule has 1 fully saturated rings. The van der Waals surface area contributed by atoms with Gasteiger partial charge in [0, 0.05) is 23.9 Å². The number of carbonyl (C=O) groups is 2. The van der Waals surface area contributed by atoms with Gasteiger partial charge in [-0.25, -0.2) is 0 Å². The van der Waals surface area contributed by atoms with Gasteiger partial charge in [0.2, 0.25) is 0 Å². The van der Waals surface area contributed by atoms with Crippen molar-refractivity contribution in [1.29, 1.82) is 0 Å². The van der Waals surface area contributed by atoms with Crippen molar-refractivity contribution < 1.29 is 9.59 Å². The molecule has 0 bridgehead atoms. The maximum absolute atomic E-state index is 11.9. The van der Waals surface area contributed by atoms with Crippen molar-refractivity contribution in [3.63, 3.8) is 0 Å². The third kappa shape index (κ3) is 2.93. The van der Waals surface area contributed by atoms with Crippen molar-refractivity contribution in [3.05, 3.63) is 35.9 Å². The molecular formula is C14H17NO2. The molecule has 90 valence electrons. The lowest BCUT2D eigenvalue weighted by Gasteiger charge is -2.25. The van der Waals surface area contributed by atoms with E-state index in [9.17, 15) is 9.59 Å². The molecule has 1 aromatic rings. The Labute approximate surface area is 101 Å². The molecule has 0 aromatic heterocycles. The van der Waals surface area contributed by atoms with E-state index in [0.29, 0.717) is 12.0 Å². The molecule has 2 atom stereocenters. The van der Waals surface area contributed by atoms with Crippen LogP contribution in [-0.2, 0) is 4.79 Å². The molecule has 1 aliphatic rings. The van der Waals surface area contributed by atoms with Crippen molar-refractivity contribution in [2.45, 2.75) is 32.2 Å². The molecule has 0 spiro atoms. The number of hydrogen-bond donors (Lipinski definition) is 1. The predicted molar refractivity (Wildman–Crippen MR) is 65.7 cm³/mol. The Bertz CT molecular complexity index is 413. The molecule has 17 heavy (non-hydrogen) atoms. The molecule has 0 radical (unpaired) electrons. The second kappa shape index (κ2) is 5.13. The van der Waals surface area contributed by atoms with E-state index >= 15 is 0 Å². The summed E-state index contributed by atoms with van der Waals surface area (Å²) in [5.74, 6) is 0.326. The van der Waals surface area contributed by atoms with Crippen LogP contribution in [0.4, 0.5) is 0 Å². The number of Topliss-reactive ketones (excluding diaryl/α,β-unsaturated/α-hetero) is 1. The van der Waals surface area contributed by atoms with E-state index in [1.54, 1.807) is 12.1 Å². The summed E-state index contributed by atoms with van der Waals surface area (Å²) in [5, 5.41) is 2.93. The summed E-state index contributed by atoms with van der Waals surface area (Å²) < 4.78 is 0. The van der Waals surface area contributed by atoms with E-state index < -0.39 is 0 Å². The van der Waals surface area contributed by atoms with Crippen molar-refractivity contribution in [1.82, 2.24) is 5.32 Å². The molecule has 0 unspecified atom stereocenters. The van der Waals surface area contributed by atoms with Crippen LogP contribution in [0, 0.1) is 5.92 Å². The minimum absolute atomic E-state index is 0.00593. The van der Waals surface area contributed by atoms with Crippen LogP contribution in [0.5, 0.6) is 0 Å². The first-order valence-corrected chi connectivity index (χ1v) is 6.05. The standard InChI is InChI=1S/C14H17NO2/c1-10-7-8-12(9-13(10)16)15-14(17)11-5-3-2-4-6-11/h2-6,10,12H,7-9H2,1H3,(H,15,17)/t10-,12-/m1/s1. The lowest BCUT2D eigenvalue weighted by Crippen LogP contribution is -2.40.